The highest BCUT2D eigenvalue weighted by atomic mass is 16.1. The number of para-hydroxylation sites is 6. The molecular weight excluding hydrogens is 528 g/mol. The van der Waals surface area contributed by atoms with Crippen LogP contribution in [-0.4, -0.2) is 15.8 Å². The Kier molecular flexibility index (Phi) is 9.72. The van der Waals surface area contributed by atoms with Gasteiger partial charge >= 0.3 is 0 Å². The summed E-state index contributed by atoms with van der Waals surface area (Å²) in [6.45, 7) is 0. The molecule has 7 aromatic rings. The lowest BCUT2D eigenvalue weighted by Crippen LogP contribution is -1.96. The first-order chi connectivity index (χ1) is 21.2. The van der Waals surface area contributed by atoms with Crippen molar-refractivity contribution in [2.45, 2.75) is 0 Å². The Balaban J connectivity index is 0.000000144. The van der Waals surface area contributed by atoms with Crippen molar-refractivity contribution in [1.29, 1.82) is 0 Å². The quantitative estimate of drug-likeness (QED) is 0.163. The van der Waals surface area contributed by atoms with Gasteiger partial charge in [-0.25, -0.2) is 4.98 Å². The predicted octanol–water partition coefficient (Wildman–Crippen LogP) is 9.20. The summed E-state index contributed by atoms with van der Waals surface area (Å²) in [6.07, 6.45) is 0.833. The second kappa shape index (κ2) is 14.6. The van der Waals surface area contributed by atoms with E-state index in [1.807, 2.05) is 103 Å². The van der Waals surface area contributed by atoms with Crippen LogP contribution in [0, 0.1) is 0 Å². The molecule has 5 heteroatoms. The van der Waals surface area contributed by atoms with E-state index >= 15 is 0 Å². The molecule has 0 spiro atoms. The number of rotatable bonds is 5. The molecule has 0 aliphatic heterocycles. The van der Waals surface area contributed by atoms with Gasteiger partial charge in [-0.15, -0.1) is 0 Å². The maximum Gasteiger partial charge on any atom is 0.150 e. The van der Waals surface area contributed by atoms with Gasteiger partial charge < -0.3 is 11.1 Å². The summed E-state index contributed by atoms with van der Waals surface area (Å²) in [5.41, 5.74) is 13.7. The van der Waals surface area contributed by atoms with Crippen molar-refractivity contribution >= 4 is 34.4 Å². The number of hydrogen-bond donors (Lipinski definition) is 2. The van der Waals surface area contributed by atoms with E-state index in [1.54, 1.807) is 12.1 Å². The minimum Gasteiger partial charge on any atom is -0.397 e. The minimum absolute atomic E-state index is 0.729. The monoisotopic (exact) mass is 560 g/mol. The van der Waals surface area contributed by atoms with Crippen molar-refractivity contribution in [3.8, 4) is 17.1 Å². The largest absolute Gasteiger partial charge is 0.397 e. The molecule has 3 N–H and O–H groups in total. The summed E-state index contributed by atoms with van der Waals surface area (Å²) in [5, 5.41) is 3.25. The topological polar surface area (TPSA) is 72.9 Å². The first-order valence-corrected chi connectivity index (χ1v) is 14.0. The standard InChI is InChI=1S/C19H14N2.C12H12N2.C7H6O/c1-3-9-15(10-4-1)19-20-17-13-7-8-14-18(17)21(19)16-11-5-2-6-12-16;13-11-8-4-5-9-12(11)14-10-6-2-1-3-7-10;8-6-7-4-2-1-3-5-7/h1-14H;1-9,14H,13H2;1-6H. The molecule has 0 aliphatic carbocycles. The van der Waals surface area contributed by atoms with E-state index in [9.17, 15) is 4.79 Å². The number of nitrogen functional groups attached to an aromatic ring is 1. The average molecular weight is 561 g/mol. The molecule has 5 nitrogen and oxygen atoms in total. The Hall–Kier alpha value is -5.94. The molecular formula is C38H32N4O. The van der Waals surface area contributed by atoms with Crippen LogP contribution >= 0.6 is 0 Å². The summed E-state index contributed by atoms with van der Waals surface area (Å²) in [6, 6.07) is 55.7. The molecule has 0 amide bonds. The van der Waals surface area contributed by atoms with E-state index in [1.165, 1.54) is 0 Å². The van der Waals surface area contributed by atoms with Gasteiger partial charge in [0.15, 0.2) is 0 Å². The van der Waals surface area contributed by atoms with Crippen molar-refractivity contribution in [1.82, 2.24) is 9.55 Å². The van der Waals surface area contributed by atoms with Gasteiger partial charge in [0.05, 0.1) is 22.4 Å². The first kappa shape index (κ1) is 28.6. The number of hydrogen-bond acceptors (Lipinski definition) is 4. The molecule has 0 saturated carbocycles. The number of nitrogens with two attached hydrogens (primary N) is 1. The number of nitrogens with one attached hydrogen (secondary N) is 1. The highest BCUT2D eigenvalue weighted by molar-refractivity contribution is 5.83. The normalized spacial score (nSPS) is 10.0. The van der Waals surface area contributed by atoms with Crippen LogP contribution < -0.4 is 11.1 Å². The average Bonchev–Trinajstić information content (AvgIpc) is 3.48. The van der Waals surface area contributed by atoms with Gasteiger partial charge in [0.2, 0.25) is 0 Å². The Morgan fingerprint density at radius 1 is 0.581 bits per heavy atom. The predicted molar refractivity (Wildman–Crippen MR) is 179 cm³/mol. The van der Waals surface area contributed by atoms with Gasteiger partial charge in [0.25, 0.3) is 0 Å². The molecule has 0 aliphatic rings. The molecule has 0 fully saturated rings. The lowest BCUT2D eigenvalue weighted by molar-refractivity contribution is 0.112. The highest BCUT2D eigenvalue weighted by Gasteiger charge is 2.13. The number of carbonyl (C=O) groups is 1. The van der Waals surface area contributed by atoms with E-state index in [4.69, 9.17) is 10.7 Å². The Bertz CT molecular complexity index is 1850. The zero-order valence-electron chi connectivity index (χ0n) is 23.6. The molecule has 1 aromatic heterocycles. The summed E-state index contributed by atoms with van der Waals surface area (Å²) in [4.78, 5) is 14.8. The highest BCUT2D eigenvalue weighted by Crippen LogP contribution is 2.28. The van der Waals surface area contributed by atoms with Crippen LogP contribution in [0.4, 0.5) is 17.1 Å². The van der Waals surface area contributed by atoms with E-state index in [0.29, 0.717) is 0 Å². The van der Waals surface area contributed by atoms with Crippen molar-refractivity contribution in [3.63, 3.8) is 0 Å². The van der Waals surface area contributed by atoms with Crippen molar-refractivity contribution in [3.05, 3.63) is 175 Å². The number of carbonyl (C=O) groups excluding carboxylic acids is 1. The number of nitrogens with zero attached hydrogens (tertiary/aromatic N) is 2. The molecule has 0 atom stereocenters. The second-order valence-electron chi connectivity index (χ2n) is 9.57. The molecule has 43 heavy (non-hydrogen) atoms. The third-order valence-corrected chi connectivity index (χ3v) is 6.56. The molecule has 0 radical (unpaired) electrons. The SMILES string of the molecule is Nc1ccccc1Nc1ccccc1.O=Cc1ccccc1.c1ccc(-c2nc3ccccc3n2-c2ccccc2)cc1. The van der Waals surface area contributed by atoms with Gasteiger partial charge in [-0.1, -0.05) is 121 Å². The van der Waals surface area contributed by atoms with Gasteiger partial charge in [-0.05, 0) is 48.5 Å². The van der Waals surface area contributed by atoms with Crippen LogP contribution in [0.25, 0.3) is 28.1 Å². The Morgan fingerprint density at radius 2 is 1.12 bits per heavy atom. The van der Waals surface area contributed by atoms with Gasteiger partial charge in [0, 0.05) is 22.5 Å². The summed E-state index contributed by atoms with van der Waals surface area (Å²) < 4.78 is 2.21. The van der Waals surface area contributed by atoms with E-state index in [0.717, 1.165) is 57.0 Å². The van der Waals surface area contributed by atoms with Crippen LogP contribution in [0.5, 0.6) is 0 Å². The van der Waals surface area contributed by atoms with Crippen molar-refractivity contribution < 1.29 is 4.79 Å². The van der Waals surface area contributed by atoms with E-state index in [-0.39, 0.29) is 0 Å². The van der Waals surface area contributed by atoms with Crippen molar-refractivity contribution in [2.75, 3.05) is 11.1 Å². The van der Waals surface area contributed by atoms with Gasteiger partial charge in [0.1, 0.15) is 12.1 Å². The lowest BCUT2D eigenvalue weighted by atomic mass is 10.2. The Morgan fingerprint density at radius 3 is 1.74 bits per heavy atom. The fourth-order valence-corrected chi connectivity index (χ4v) is 4.46. The molecule has 0 unspecified atom stereocenters. The minimum atomic E-state index is 0.729. The molecule has 6 aromatic carbocycles. The first-order valence-electron chi connectivity index (χ1n) is 14.0. The molecule has 210 valence electrons. The van der Waals surface area contributed by atoms with Gasteiger partial charge in [-0.3, -0.25) is 9.36 Å². The lowest BCUT2D eigenvalue weighted by Gasteiger charge is -2.09. The number of imidazole rings is 1. The second-order valence-corrected chi connectivity index (χ2v) is 9.57. The molecule has 7 rings (SSSR count). The van der Waals surface area contributed by atoms with Crippen LogP contribution in [0.3, 0.4) is 0 Å². The fourth-order valence-electron chi connectivity index (χ4n) is 4.46. The summed E-state index contributed by atoms with van der Waals surface area (Å²) in [5.74, 6) is 0.975. The number of fused-ring (bicyclic) bond motifs is 1. The van der Waals surface area contributed by atoms with Crippen molar-refractivity contribution in [2.24, 2.45) is 0 Å². The maximum absolute atomic E-state index is 10.0. The van der Waals surface area contributed by atoms with E-state index < -0.39 is 0 Å². The van der Waals surface area contributed by atoms with E-state index in [2.05, 4.69) is 64.5 Å². The zero-order chi connectivity index (χ0) is 29.7. The van der Waals surface area contributed by atoms with Crippen LogP contribution in [0.2, 0.25) is 0 Å². The maximum atomic E-state index is 10.0. The van der Waals surface area contributed by atoms with Gasteiger partial charge in [-0.2, -0.15) is 0 Å². The number of benzene rings is 6. The zero-order valence-corrected chi connectivity index (χ0v) is 23.6. The Labute approximate surface area is 251 Å². The summed E-state index contributed by atoms with van der Waals surface area (Å²) >= 11 is 0. The third-order valence-electron chi connectivity index (χ3n) is 6.56. The molecule has 0 bridgehead atoms. The summed E-state index contributed by atoms with van der Waals surface area (Å²) in [7, 11) is 0. The molecule has 1 heterocycles. The van der Waals surface area contributed by atoms with Crippen LogP contribution in [-0.2, 0) is 0 Å². The number of aldehydes is 1. The van der Waals surface area contributed by atoms with Crippen LogP contribution in [0.1, 0.15) is 10.4 Å². The smallest absolute Gasteiger partial charge is 0.150 e. The fraction of sp³-hybridized carbons (Fsp3) is 0. The van der Waals surface area contributed by atoms with Crippen LogP contribution in [0.15, 0.2) is 170 Å². The molecule has 0 saturated heterocycles. The third kappa shape index (κ3) is 7.63. The number of aromatic nitrogens is 2. The number of anilines is 3.